The number of benzene rings is 1. The highest BCUT2D eigenvalue weighted by Gasteiger charge is 2.26. The lowest BCUT2D eigenvalue weighted by Gasteiger charge is -2.19. The number of carboxylic acids is 1. The molecule has 3 N–H and O–H groups in total. The number of rotatable bonds is 7. The zero-order chi connectivity index (χ0) is 18.4. The Morgan fingerprint density at radius 3 is 2.48 bits per heavy atom. The number of nitrogens with one attached hydrogen (secondary N) is 2. The Morgan fingerprint density at radius 1 is 1.12 bits per heavy atom. The first-order valence-corrected chi connectivity index (χ1v) is 8.70. The number of carboxylic acid groups (broad SMARTS) is 1. The first-order valence-electron chi connectivity index (χ1n) is 7.75. The second-order valence-corrected chi connectivity index (χ2v) is 6.99. The summed E-state index contributed by atoms with van der Waals surface area (Å²) in [6.07, 6.45) is 0.303. The molecule has 0 unspecified atom stereocenters. The van der Waals surface area contributed by atoms with Crippen LogP contribution in [0.2, 0.25) is 0 Å². The summed E-state index contributed by atoms with van der Waals surface area (Å²) >= 11 is 1.42. The summed E-state index contributed by atoms with van der Waals surface area (Å²) in [5, 5.41) is 18.1. The molecule has 132 valence electrons. The molecule has 0 aliphatic heterocycles. The molecule has 2 aromatic rings. The quantitative estimate of drug-likeness (QED) is 0.706. The van der Waals surface area contributed by atoms with Gasteiger partial charge in [-0.1, -0.05) is 12.1 Å². The highest BCUT2D eigenvalue weighted by Crippen LogP contribution is 2.20. The smallest absolute Gasteiger partial charge is 0.309 e. The molecule has 7 heteroatoms. The molecule has 1 aromatic heterocycles. The van der Waals surface area contributed by atoms with Crippen molar-refractivity contribution in [2.45, 2.75) is 20.3 Å². The Hall–Kier alpha value is -2.67. The van der Waals surface area contributed by atoms with Crippen LogP contribution in [0.15, 0.2) is 41.1 Å². The number of aliphatic carboxylic acids is 1. The van der Waals surface area contributed by atoms with Gasteiger partial charge in [-0.25, -0.2) is 0 Å². The minimum absolute atomic E-state index is 0.227. The van der Waals surface area contributed by atoms with E-state index in [1.807, 2.05) is 0 Å². The van der Waals surface area contributed by atoms with Gasteiger partial charge in [0.2, 0.25) is 0 Å². The Morgan fingerprint density at radius 2 is 1.84 bits per heavy atom. The maximum Gasteiger partial charge on any atom is 0.309 e. The van der Waals surface area contributed by atoms with Gasteiger partial charge in [-0.05, 0) is 43.8 Å². The molecule has 1 heterocycles. The van der Waals surface area contributed by atoms with Crippen LogP contribution in [0, 0.1) is 5.41 Å². The predicted molar refractivity (Wildman–Crippen MR) is 97.1 cm³/mol. The Bertz CT molecular complexity index is 769. The van der Waals surface area contributed by atoms with Gasteiger partial charge in [0.1, 0.15) is 0 Å². The maximum absolute atomic E-state index is 12.4. The van der Waals surface area contributed by atoms with Crippen molar-refractivity contribution in [3.05, 3.63) is 52.2 Å². The molecule has 0 atom stereocenters. The van der Waals surface area contributed by atoms with Crippen molar-refractivity contribution in [1.82, 2.24) is 5.32 Å². The summed E-state index contributed by atoms with van der Waals surface area (Å²) in [6, 6.07) is 8.40. The molecule has 0 saturated carbocycles. The first kappa shape index (κ1) is 18.7. The summed E-state index contributed by atoms with van der Waals surface area (Å²) in [5.74, 6) is -1.55. The molecule has 2 amide bonds. The van der Waals surface area contributed by atoms with Crippen molar-refractivity contribution in [1.29, 1.82) is 0 Å². The van der Waals surface area contributed by atoms with Crippen LogP contribution in [0.4, 0.5) is 5.69 Å². The average molecular weight is 360 g/mol. The zero-order valence-electron chi connectivity index (χ0n) is 14.0. The largest absolute Gasteiger partial charge is 0.481 e. The molecule has 0 aliphatic carbocycles. The third-order valence-electron chi connectivity index (χ3n) is 3.82. The van der Waals surface area contributed by atoms with Crippen molar-refractivity contribution in [3.63, 3.8) is 0 Å². The minimum atomic E-state index is -0.917. The van der Waals surface area contributed by atoms with Crippen LogP contribution in [0.1, 0.15) is 41.0 Å². The molecule has 2 rings (SSSR count). The fraction of sp³-hybridized carbons (Fsp3) is 0.278. The molecular formula is C18H20N2O4S. The minimum Gasteiger partial charge on any atom is -0.481 e. The summed E-state index contributed by atoms with van der Waals surface area (Å²) in [4.78, 5) is 35.6. The molecular weight excluding hydrogens is 340 g/mol. The third-order valence-corrected chi connectivity index (χ3v) is 4.50. The zero-order valence-corrected chi connectivity index (χ0v) is 14.9. The summed E-state index contributed by atoms with van der Waals surface area (Å²) < 4.78 is 0. The lowest BCUT2D eigenvalue weighted by Crippen LogP contribution is -2.32. The predicted octanol–water partition coefficient (Wildman–Crippen LogP) is 3.23. The molecule has 0 saturated heterocycles. The van der Waals surface area contributed by atoms with E-state index in [0.717, 1.165) is 0 Å². The topological polar surface area (TPSA) is 95.5 Å². The lowest BCUT2D eigenvalue weighted by molar-refractivity contribution is -0.147. The van der Waals surface area contributed by atoms with Crippen LogP contribution in [0.25, 0.3) is 0 Å². The van der Waals surface area contributed by atoms with Gasteiger partial charge in [-0.15, -0.1) is 0 Å². The van der Waals surface area contributed by atoms with Crippen molar-refractivity contribution >= 4 is 34.8 Å². The summed E-state index contributed by atoms with van der Waals surface area (Å²) in [6.45, 7) is 3.44. The Balaban J connectivity index is 2.03. The number of carbonyl (C=O) groups is 3. The van der Waals surface area contributed by atoms with E-state index in [1.54, 1.807) is 54.9 Å². The van der Waals surface area contributed by atoms with E-state index < -0.39 is 11.4 Å². The van der Waals surface area contributed by atoms with Gasteiger partial charge in [-0.3, -0.25) is 14.4 Å². The van der Waals surface area contributed by atoms with E-state index in [0.29, 0.717) is 23.2 Å². The van der Waals surface area contributed by atoms with E-state index in [-0.39, 0.29) is 18.4 Å². The number of anilines is 1. The third kappa shape index (κ3) is 4.90. The molecule has 6 nitrogen and oxygen atoms in total. The monoisotopic (exact) mass is 360 g/mol. The van der Waals surface area contributed by atoms with Crippen molar-refractivity contribution in [3.8, 4) is 0 Å². The fourth-order valence-electron chi connectivity index (χ4n) is 2.07. The second-order valence-electron chi connectivity index (χ2n) is 6.21. The van der Waals surface area contributed by atoms with E-state index in [2.05, 4.69) is 10.6 Å². The SMILES string of the molecule is CC(C)(CCNC(=O)c1ccccc1NC(=O)c1ccsc1)C(=O)O. The first-order chi connectivity index (χ1) is 11.8. The molecule has 0 radical (unpaired) electrons. The summed E-state index contributed by atoms with van der Waals surface area (Å²) in [5.41, 5.74) is 0.358. The lowest BCUT2D eigenvalue weighted by atomic mass is 9.89. The summed E-state index contributed by atoms with van der Waals surface area (Å²) in [7, 11) is 0. The second kappa shape index (κ2) is 7.94. The van der Waals surface area contributed by atoms with E-state index in [9.17, 15) is 14.4 Å². The highest BCUT2D eigenvalue weighted by atomic mass is 32.1. The van der Waals surface area contributed by atoms with Crippen molar-refractivity contribution < 1.29 is 19.5 Å². The Kier molecular flexibility index (Phi) is 5.93. The molecule has 0 spiro atoms. The van der Waals surface area contributed by atoms with E-state index in [4.69, 9.17) is 5.11 Å². The fourth-order valence-corrected chi connectivity index (χ4v) is 2.70. The number of carbonyl (C=O) groups excluding carboxylic acids is 2. The van der Waals surface area contributed by atoms with Crippen molar-refractivity contribution in [2.24, 2.45) is 5.41 Å². The molecule has 0 fully saturated rings. The van der Waals surface area contributed by atoms with Crippen LogP contribution in [0.3, 0.4) is 0 Å². The Labute approximate surface area is 149 Å². The van der Waals surface area contributed by atoms with Crippen LogP contribution in [-0.4, -0.2) is 29.4 Å². The van der Waals surface area contributed by atoms with Gasteiger partial charge in [0, 0.05) is 11.9 Å². The van der Waals surface area contributed by atoms with Crippen LogP contribution >= 0.6 is 11.3 Å². The number of hydrogen-bond acceptors (Lipinski definition) is 4. The van der Waals surface area contributed by atoms with Crippen LogP contribution in [-0.2, 0) is 4.79 Å². The molecule has 0 aliphatic rings. The number of hydrogen-bond donors (Lipinski definition) is 3. The van der Waals surface area contributed by atoms with E-state index >= 15 is 0 Å². The van der Waals surface area contributed by atoms with Gasteiger partial charge in [0.15, 0.2) is 0 Å². The molecule has 25 heavy (non-hydrogen) atoms. The maximum atomic E-state index is 12.4. The standard InChI is InChI=1S/C18H20N2O4S/c1-18(2,17(23)24)8-9-19-16(22)13-5-3-4-6-14(13)20-15(21)12-7-10-25-11-12/h3-7,10-11H,8-9H2,1-2H3,(H,19,22)(H,20,21)(H,23,24). The van der Waals surface area contributed by atoms with Gasteiger partial charge in [-0.2, -0.15) is 11.3 Å². The number of para-hydroxylation sites is 1. The highest BCUT2D eigenvalue weighted by molar-refractivity contribution is 7.08. The normalized spacial score (nSPS) is 11.0. The number of amides is 2. The molecule has 1 aromatic carbocycles. The van der Waals surface area contributed by atoms with Crippen LogP contribution < -0.4 is 10.6 Å². The molecule has 0 bridgehead atoms. The van der Waals surface area contributed by atoms with Gasteiger partial charge < -0.3 is 15.7 Å². The van der Waals surface area contributed by atoms with E-state index in [1.165, 1.54) is 11.3 Å². The van der Waals surface area contributed by atoms with Gasteiger partial charge >= 0.3 is 5.97 Å². The van der Waals surface area contributed by atoms with Gasteiger partial charge in [0.05, 0.1) is 22.2 Å². The average Bonchev–Trinajstić information content (AvgIpc) is 3.09. The van der Waals surface area contributed by atoms with Gasteiger partial charge in [0.25, 0.3) is 11.8 Å². The van der Waals surface area contributed by atoms with Crippen molar-refractivity contribution in [2.75, 3.05) is 11.9 Å². The van der Waals surface area contributed by atoms with Crippen LogP contribution in [0.5, 0.6) is 0 Å². The number of thiophene rings is 1.